The minimum absolute atomic E-state index is 0.133. The molecule has 0 aliphatic heterocycles. The molecule has 6 heteroatoms. The smallest absolute Gasteiger partial charge is 0.355 e. The number of hydrogen-bond acceptors (Lipinski definition) is 5. The van der Waals surface area contributed by atoms with Crippen molar-refractivity contribution < 1.29 is 18.7 Å². The number of esters is 1. The molecule has 18 heavy (non-hydrogen) atoms. The Morgan fingerprint density at radius 1 is 1.56 bits per heavy atom. The van der Waals surface area contributed by atoms with Crippen LogP contribution in [0.25, 0.3) is 11.1 Å². The molecule has 96 valence electrons. The summed E-state index contributed by atoms with van der Waals surface area (Å²) >= 11 is 0. The standard InChI is InChI=1S/C12H14N2O4/c1-3-17-12(16)9-6-10-8(4-5-18-10)14(9)11(15)7(2)13/h4-7H,3,13H2,1-2H3/t7-/m0/s1. The van der Waals surface area contributed by atoms with E-state index in [2.05, 4.69) is 0 Å². The monoisotopic (exact) mass is 250 g/mol. The molecule has 0 unspecified atom stereocenters. The van der Waals surface area contributed by atoms with Crippen LogP contribution in [0.4, 0.5) is 0 Å². The molecule has 2 aromatic heterocycles. The molecule has 2 aromatic rings. The Balaban J connectivity index is 2.58. The highest BCUT2D eigenvalue weighted by molar-refractivity contribution is 6.02. The third kappa shape index (κ3) is 1.91. The highest BCUT2D eigenvalue weighted by atomic mass is 16.5. The van der Waals surface area contributed by atoms with Gasteiger partial charge in [-0.15, -0.1) is 0 Å². The fourth-order valence-electron chi connectivity index (χ4n) is 1.72. The molecule has 0 bridgehead atoms. The molecule has 2 N–H and O–H groups in total. The van der Waals surface area contributed by atoms with Crippen LogP contribution in [0.3, 0.4) is 0 Å². The topological polar surface area (TPSA) is 87.5 Å². The zero-order valence-corrected chi connectivity index (χ0v) is 10.2. The molecule has 0 aliphatic carbocycles. The Labute approximate surface area is 103 Å². The Hall–Kier alpha value is -2.08. The Morgan fingerprint density at radius 3 is 2.89 bits per heavy atom. The first-order chi connectivity index (χ1) is 8.56. The van der Waals surface area contributed by atoms with Gasteiger partial charge < -0.3 is 14.9 Å². The molecule has 0 amide bonds. The van der Waals surface area contributed by atoms with Gasteiger partial charge in [0.2, 0.25) is 5.91 Å². The maximum absolute atomic E-state index is 12.0. The second-order valence-corrected chi connectivity index (χ2v) is 3.88. The first-order valence-electron chi connectivity index (χ1n) is 5.62. The third-order valence-electron chi connectivity index (χ3n) is 2.52. The lowest BCUT2D eigenvalue weighted by molar-refractivity contribution is 0.0508. The Morgan fingerprint density at radius 2 is 2.28 bits per heavy atom. The van der Waals surface area contributed by atoms with Gasteiger partial charge in [-0.25, -0.2) is 4.79 Å². The molecule has 0 fully saturated rings. The summed E-state index contributed by atoms with van der Waals surface area (Å²) in [6.45, 7) is 3.49. The predicted octanol–water partition coefficient (Wildman–Crippen LogP) is 1.40. The van der Waals surface area contributed by atoms with Crippen molar-refractivity contribution in [2.75, 3.05) is 6.61 Å². The van der Waals surface area contributed by atoms with Crippen molar-refractivity contribution in [1.82, 2.24) is 4.57 Å². The van der Waals surface area contributed by atoms with Crippen molar-refractivity contribution in [2.24, 2.45) is 5.73 Å². The lowest BCUT2D eigenvalue weighted by Crippen LogP contribution is -2.33. The fourth-order valence-corrected chi connectivity index (χ4v) is 1.72. The van der Waals surface area contributed by atoms with Crippen molar-refractivity contribution in [2.45, 2.75) is 19.9 Å². The molecule has 2 heterocycles. The SMILES string of the molecule is CCOC(=O)c1cc2occc2n1C(=O)[C@H](C)N. The van der Waals surface area contributed by atoms with Crippen molar-refractivity contribution in [3.63, 3.8) is 0 Å². The van der Waals surface area contributed by atoms with E-state index in [4.69, 9.17) is 14.9 Å². The number of carbonyl (C=O) groups excluding carboxylic acids is 2. The lowest BCUT2D eigenvalue weighted by Gasteiger charge is -2.09. The van der Waals surface area contributed by atoms with Gasteiger partial charge in [0.25, 0.3) is 0 Å². The van der Waals surface area contributed by atoms with Gasteiger partial charge in [0.15, 0.2) is 5.58 Å². The van der Waals surface area contributed by atoms with Gasteiger partial charge in [-0.3, -0.25) is 9.36 Å². The van der Waals surface area contributed by atoms with E-state index in [1.54, 1.807) is 19.9 Å². The van der Waals surface area contributed by atoms with E-state index in [1.165, 1.54) is 16.9 Å². The van der Waals surface area contributed by atoms with Crippen LogP contribution in [0.5, 0.6) is 0 Å². The molecule has 0 radical (unpaired) electrons. The zero-order valence-electron chi connectivity index (χ0n) is 10.2. The molecule has 6 nitrogen and oxygen atoms in total. The Bertz CT molecular complexity index is 594. The van der Waals surface area contributed by atoms with Gasteiger partial charge in [-0.05, 0) is 13.8 Å². The molecule has 0 aromatic carbocycles. The molecule has 0 aliphatic rings. The van der Waals surface area contributed by atoms with Crippen LogP contribution in [-0.4, -0.2) is 29.1 Å². The molecule has 0 spiro atoms. The number of fused-ring (bicyclic) bond motifs is 1. The number of carbonyl (C=O) groups is 2. The van der Waals surface area contributed by atoms with E-state index in [9.17, 15) is 9.59 Å². The van der Waals surface area contributed by atoms with Crippen molar-refractivity contribution in [1.29, 1.82) is 0 Å². The van der Waals surface area contributed by atoms with E-state index in [0.717, 1.165) is 0 Å². The lowest BCUT2D eigenvalue weighted by atomic mass is 10.3. The summed E-state index contributed by atoms with van der Waals surface area (Å²) in [5.41, 5.74) is 6.67. The summed E-state index contributed by atoms with van der Waals surface area (Å²) < 4.78 is 11.3. The van der Waals surface area contributed by atoms with Crippen LogP contribution in [0.2, 0.25) is 0 Å². The summed E-state index contributed by atoms with van der Waals surface area (Å²) in [6.07, 6.45) is 1.45. The molecular formula is C12H14N2O4. The minimum atomic E-state index is -0.719. The average molecular weight is 250 g/mol. The second-order valence-electron chi connectivity index (χ2n) is 3.88. The number of rotatable bonds is 3. The zero-order chi connectivity index (χ0) is 13.3. The third-order valence-corrected chi connectivity index (χ3v) is 2.52. The van der Waals surface area contributed by atoms with Crippen LogP contribution in [0, 0.1) is 0 Å². The van der Waals surface area contributed by atoms with Gasteiger partial charge in [0.1, 0.15) is 5.69 Å². The number of furan rings is 1. The van der Waals surface area contributed by atoms with Gasteiger partial charge in [-0.1, -0.05) is 0 Å². The first kappa shape index (κ1) is 12.4. The van der Waals surface area contributed by atoms with E-state index in [-0.39, 0.29) is 18.2 Å². The van der Waals surface area contributed by atoms with Crippen LogP contribution in [0.1, 0.15) is 29.1 Å². The molecular weight excluding hydrogens is 236 g/mol. The number of hydrogen-bond donors (Lipinski definition) is 1. The van der Waals surface area contributed by atoms with E-state index in [1.807, 2.05) is 0 Å². The van der Waals surface area contributed by atoms with Gasteiger partial charge in [-0.2, -0.15) is 0 Å². The van der Waals surface area contributed by atoms with Crippen molar-refractivity contribution in [3.8, 4) is 0 Å². The van der Waals surface area contributed by atoms with Gasteiger partial charge in [0, 0.05) is 12.1 Å². The van der Waals surface area contributed by atoms with Gasteiger partial charge in [0.05, 0.1) is 24.4 Å². The largest absolute Gasteiger partial charge is 0.463 e. The molecule has 0 saturated heterocycles. The number of nitrogens with zero attached hydrogens (tertiary/aromatic N) is 1. The quantitative estimate of drug-likeness (QED) is 0.832. The van der Waals surface area contributed by atoms with Crippen molar-refractivity contribution in [3.05, 3.63) is 24.1 Å². The molecule has 2 rings (SSSR count). The average Bonchev–Trinajstić information content (AvgIpc) is 2.87. The van der Waals surface area contributed by atoms with E-state index >= 15 is 0 Å². The number of nitrogens with two attached hydrogens (primary N) is 1. The van der Waals surface area contributed by atoms with Gasteiger partial charge >= 0.3 is 5.97 Å². The van der Waals surface area contributed by atoms with Crippen LogP contribution >= 0.6 is 0 Å². The van der Waals surface area contributed by atoms with Crippen LogP contribution in [0.15, 0.2) is 22.8 Å². The highest BCUT2D eigenvalue weighted by Crippen LogP contribution is 2.22. The summed E-state index contributed by atoms with van der Waals surface area (Å²) in [4.78, 5) is 23.8. The number of ether oxygens (including phenoxy) is 1. The fraction of sp³-hybridized carbons (Fsp3) is 0.333. The van der Waals surface area contributed by atoms with E-state index < -0.39 is 12.0 Å². The highest BCUT2D eigenvalue weighted by Gasteiger charge is 2.24. The summed E-state index contributed by atoms with van der Waals surface area (Å²) in [7, 11) is 0. The Kier molecular flexibility index (Phi) is 3.20. The summed E-state index contributed by atoms with van der Waals surface area (Å²) in [5, 5.41) is 0. The predicted molar refractivity (Wildman–Crippen MR) is 64.4 cm³/mol. The number of aromatic nitrogens is 1. The van der Waals surface area contributed by atoms with Crippen molar-refractivity contribution >= 4 is 23.0 Å². The molecule has 0 saturated carbocycles. The van der Waals surface area contributed by atoms with Crippen LogP contribution in [-0.2, 0) is 4.74 Å². The molecule has 1 atom stereocenters. The maximum Gasteiger partial charge on any atom is 0.355 e. The first-order valence-corrected chi connectivity index (χ1v) is 5.62. The minimum Gasteiger partial charge on any atom is -0.463 e. The maximum atomic E-state index is 12.0. The van der Waals surface area contributed by atoms with Crippen LogP contribution < -0.4 is 5.73 Å². The second kappa shape index (κ2) is 4.66. The summed E-state index contributed by atoms with van der Waals surface area (Å²) in [6, 6.07) is 2.37. The summed E-state index contributed by atoms with van der Waals surface area (Å²) in [5.74, 6) is -0.952. The van der Waals surface area contributed by atoms with E-state index in [0.29, 0.717) is 11.1 Å². The normalized spacial score (nSPS) is 12.6.